The minimum absolute atomic E-state index is 0.0822. The molecule has 2 saturated heterocycles. The predicted octanol–water partition coefficient (Wildman–Crippen LogP) is 1.79. The molecule has 1 aromatic rings. The number of nitrogens with one attached hydrogen (secondary N) is 2. The van der Waals surface area contributed by atoms with E-state index in [9.17, 15) is 4.79 Å². The van der Waals surface area contributed by atoms with E-state index in [1.165, 1.54) is 12.8 Å². The average molecular weight is 316 g/mol. The second-order valence-corrected chi connectivity index (χ2v) is 7.12. The Kier molecular flexibility index (Phi) is 5.16. The molecule has 1 atom stereocenters. The molecule has 0 bridgehead atoms. The van der Waals surface area contributed by atoms with Gasteiger partial charge in [-0.05, 0) is 49.4 Å². The maximum Gasteiger partial charge on any atom is 0.223 e. The highest BCUT2D eigenvalue weighted by Crippen LogP contribution is 2.21. The van der Waals surface area contributed by atoms with Gasteiger partial charge in [-0.25, -0.2) is 4.98 Å². The SMILES string of the molecule is CC1CCN(c2ccc(CNC(=O)C(C)C3CNC3)cn2)CC1. The van der Waals surface area contributed by atoms with Gasteiger partial charge in [-0.3, -0.25) is 4.79 Å². The summed E-state index contributed by atoms with van der Waals surface area (Å²) in [5.41, 5.74) is 1.06. The summed E-state index contributed by atoms with van der Waals surface area (Å²) in [7, 11) is 0. The standard InChI is InChI=1S/C18H28N4O/c1-13-5-7-22(8-6-13)17-4-3-15(9-20-17)10-21-18(23)14(2)16-11-19-12-16/h3-4,9,13-14,16,19H,5-8,10-12H2,1-2H3,(H,21,23). The molecule has 1 unspecified atom stereocenters. The van der Waals surface area contributed by atoms with Crippen molar-refractivity contribution in [3.05, 3.63) is 23.9 Å². The molecule has 0 aliphatic carbocycles. The molecule has 0 spiro atoms. The predicted molar refractivity (Wildman–Crippen MR) is 92.2 cm³/mol. The van der Waals surface area contributed by atoms with Gasteiger partial charge in [0.25, 0.3) is 0 Å². The van der Waals surface area contributed by atoms with E-state index in [1.54, 1.807) is 0 Å². The molecule has 2 N–H and O–H groups in total. The molecule has 3 heterocycles. The molecule has 0 saturated carbocycles. The van der Waals surface area contributed by atoms with Crippen LogP contribution in [0.3, 0.4) is 0 Å². The van der Waals surface area contributed by atoms with Gasteiger partial charge < -0.3 is 15.5 Å². The molecular formula is C18H28N4O. The third-order valence-corrected chi connectivity index (χ3v) is 5.32. The Hall–Kier alpha value is -1.62. The molecular weight excluding hydrogens is 288 g/mol. The van der Waals surface area contributed by atoms with Crippen LogP contribution in [0.15, 0.2) is 18.3 Å². The topological polar surface area (TPSA) is 57.3 Å². The third-order valence-electron chi connectivity index (χ3n) is 5.32. The Morgan fingerprint density at radius 2 is 2.13 bits per heavy atom. The summed E-state index contributed by atoms with van der Waals surface area (Å²) in [6.45, 7) is 9.00. The molecule has 0 radical (unpaired) electrons. The Labute approximate surface area is 138 Å². The van der Waals surface area contributed by atoms with Crippen molar-refractivity contribution in [1.29, 1.82) is 0 Å². The van der Waals surface area contributed by atoms with E-state index in [0.717, 1.165) is 43.5 Å². The molecule has 5 heteroatoms. The lowest BCUT2D eigenvalue weighted by Gasteiger charge is -2.32. The zero-order valence-electron chi connectivity index (χ0n) is 14.2. The number of hydrogen-bond acceptors (Lipinski definition) is 4. The number of pyridine rings is 1. The number of piperidine rings is 1. The minimum Gasteiger partial charge on any atom is -0.357 e. The lowest BCUT2D eigenvalue weighted by molar-refractivity contribution is -0.126. The van der Waals surface area contributed by atoms with E-state index < -0.39 is 0 Å². The van der Waals surface area contributed by atoms with E-state index in [1.807, 2.05) is 13.1 Å². The first-order valence-electron chi connectivity index (χ1n) is 8.82. The van der Waals surface area contributed by atoms with Crippen LogP contribution in [-0.4, -0.2) is 37.1 Å². The van der Waals surface area contributed by atoms with E-state index in [2.05, 4.69) is 39.6 Å². The summed E-state index contributed by atoms with van der Waals surface area (Å²) in [6.07, 6.45) is 4.38. The highest BCUT2D eigenvalue weighted by molar-refractivity contribution is 5.78. The number of anilines is 1. The molecule has 2 aliphatic rings. The summed E-state index contributed by atoms with van der Waals surface area (Å²) in [5.74, 6) is 2.59. The Morgan fingerprint density at radius 3 is 2.70 bits per heavy atom. The lowest BCUT2D eigenvalue weighted by atomic mass is 9.88. The van der Waals surface area contributed by atoms with Crippen molar-refractivity contribution < 1.29 is 4.79 Å². The van der Waals surface area contributed by atoms with Crippen LogP contribution in [0.2, 0.25) is 0 Å². The fourth-order valence-corrected chi connectivity index (χ4v) is 3.17. The first kappa shape index (κ1) is 16.2. The molecule has 126 valence electrons. The molecule has 23 heavy (non-hydrogen) atoms. The molecule has 0 aromatic carbocycles. The smallest absolute Gasteiger partial charge is 0.223 e. The van der Waals surface area contributed by atoms with E-state index in [0.29, 0.717) is 12.5 Å². The van der Waals surface area contributed by atoms with Crippen molar-refractivity contribution >= 4 is 11.7 Å². The van der Waals surface area contributed by atoms with E-state index in [-0.39, 0.29) is 11.8 Å². The zero-order chi connectivity index (χ0) is 16.2. The maximum absolute atomic E-state index is 12.1. The van der Waals surface area contributed by atoms with Crippen LogP contribution in [0.5, 0.6) is 0 Å². The highest BCUT2D eigenvalue weighted by Gasteiger charge is 2.28. The van der Waals surface area contributed by atoms with Crippen LogP contribution in [0.1, 0.15) is 32.3 Å². The third kappa shape index (κ3) is 4.02. The monoisotopic (exact) mass is 316 g/mol. The Balaban J connectivity index is 1.48. The molecule has 2 fully saturated rings. The minimum atomic E-state index is 0.0822. The zero-order valence-corrected chi connectivity index (χ0v) is 14.2. The first-order chi connectivity index (χ1) is 11.1. The quantitative estimate of drug-likeness (QED) is 0.869. The fourth-order valence-electron chi connectivity index (χ4n) is 3.17. The van der Waals surface area contributed by atoms with Crippen molar-refractivity contribution in [3.63, 3.8) is 0 Å². The van der Waals surface area contributed by atoms with Crippen LogP contribution in [0, 0.1) is 17.8 Å². The number of carbonyl (C=O) groups excluding carboxylic acids is 1. The summed E-state index contributed by atoms with van der Waals surface area (Å²) >= 11 is 0. The summed E-state index contributed by atoms with van der Waals surface area (Å²) < 4.78 is 0. The van der Waals surface area contributed by atoms with Crippen molar-refractivity contribution in [1.82, 2.24) is 15.6 Å². The van der Waals surface area contributed by atoms with Crippen molar-refractivity contribution in [3.8, 4) is 0 Å². The van der Waals surface area contributed by atoms with Crippen LogP contribution in [0.4, 0.5) is 5.82 Å². The number of amides is 1. The van der Waals surface area contributed by atoms with Crippen LogP contribution in [-0.2, 0) is 11.3 Å². The van der Waals surface area contributed by atoms with Gasteiger partial charge in [0.1, 0.15) is 5.82 Å². The Bertz CT molecular complexity index is 518. The number of nitrogens with zero attached hydrogens (tertiary/aromatic N) is 2. The van der Waals surface area contributed by atoms with Crippen molar-refractivity contribution in [2.75, 3.05) is 31.1 Å². The largest absolute Gasteiger partial charge is 0.357 e. The van der Waals surface area contributed by atoms with Crippen LogP contribution >= 0.6 is 0 Å². The molecule has 2 aliphatic heterocycles. The number of rotatable bonds is 5. The van der Waals surface area contributed by atoms with Gasteiger partial charge >= 0.3 is 0 Å². The van der Waals surface area contributed by atoms with Crippen molar-refractivity contribution in [2.45, 2.75) is 33.2 Å². The van der Waals surface area contributed by atoms with E-state index >= 15 is 0 Å². The van der Waals surface area contributed by atoms with Gasteiger partial charge in [0.15, 0.2) is 0 Å². The van der Waals surface area contributed by atoms with Gasteiger partial charge in [0.05, 0.1) is 0 Å². The second-order valence-electron chi connectivity index (χ2n) is 7.12. The Morgan fingerprint density at radius 1 is 1.39 bits per heavy atom. The highest BCUT2D eigenvalue weighted by atomic mass is 16.1. The van der Waals surface area contributed by atoms with Gasteiger partial charge in [-0.15, -0.1) is 0 Å². The number of carbonyl (C=O) groups is 1. The summed E-state index contributed by atoms with van der Waals surface area (Å²) in [5, 5.41) is 6.25. The van der Waals surface area contributed by atoms with Crippen molar-refractivity contribution in [2.24, 2.45) is 17.8 Å². The molecule has 3 rings (SSSR count). The molecule has 1 amide bonds. The normalized spacial score (nSPS) is 20.9. The molecule has 1 aromatic heterocycles. The van der Waals surface area contributed by atoms with Crippen LogP contribution < -0.4 is 15.5 Å². The van der Waals surface area contributed by atoms with Gasteiger partial charge in [0.2, 0.25) is 5.91 Å². The van der Waals surface area contributed by atoms with Crippen LogP contribution in [0.25, 0.3) is 0 Å². The summed E-state index contributed by atoms with van der Waals surface area (Å²) in [6, 6.07) is 4.16. The lowest BCUT2D eigenvalue weighted by Crippen LogP contribution is -2.49. The fraction of sp³-hybridized carbons (Fsp3) is 0.667. The van der Waals surface area contributed by atoms with E-state index in [4.69, 9.17) is 0 Å². The van der Waals surface area contributed by atoms with Gasteiger partial charge in [-0.2, -0.15) is 0 Å². The first-order valence-corrected chi connectivity index (χ1v) is 8.82. The summed E-state index contributed by atoms with van der Waals surface area (Å²) in [4.78, 5) is 19.1. The average Bonchev–Trinajstić information content (AvgIpc) is 2.52. The number of aromatic nitrogens is 1. The van der Waals surface area contributed by atoms with Gasteiger partial charge in [0, 0.05) is 31.7 Å². The second kappa shape index (κ2) is 7.30. The van der Waals surface area contributed by atoms with Gasteiger partial charge in [-0.1, -0.05) is 19.9 Å². The molecule has 5 nitrogen and oxygen atoms in total. The number of hydrogen-bond donors (Lipinski definition) is 2. The maximum atomic E-state index is 12.1.